The van der Waals surface area contributed by atoms with E-state index >= 15 is 0 Å². The molecule has 6 heteroatoms. The van der Waals surface area contributed by atoms with Crippen LogP contribution in [-0.2, 0) is 11.4 Å². The largest absolute Gasteiger partial charge is 0.486 e. The number of hydrogen-bond acceptors (Lipinski definition) is 4. The Morgan fingerprint density at radius 2 is 1.83 bits per heavy atom. The SMILES string of the molecule is CCN(CC(=O)NC(C)C)C(=O)c1ccc(COc2ccc3ccccc3c2)o1. The van der Waals surface area contributed by atoms with Gasteiger partial charge in [-0.25, -0.2) is 0 Å². The average molecular weight is 394 g/mol. The number of hydrogen-bond donors (Lipinski definition) is 1. The molecule has 2 aromatic carbocycles. The van der Waals surface area contributed by atoms with Crippen LogP contribution in [0.1, 0.15) is 37.1 Å². The molecule has 0 aliphatic heterocycles. The lowest BCUT2D eigenvalue weighted by Crippen LogP contribution is -2.42. The Morgan fingerprint density at radius 3 is 2.55 bits per heavy atom. The first-order valence-corrected chi connectivity index (χ1v) is 9.75. The highest BCUT2D eigenvalue weighted by Gasteiger charge is 2.21. The Morgan fingerprint density at radius 1 is 1.07 bits per heavy atom. The number of likely N-dealkylation sites (N-methyl/N-ethyl adjacent to an activating group) is 1. The molecule has 2 amide bonds. The average Bonchev–Trinajstić information content (AvgIpc) is 3.18. The number of fused-ring (bicyclic) bond motifs is 1. The van der Waals surface area contributed by atoms with Crippen molar-refractivity contribution < 1.29 is 18.7 Å². The van der Waals surface area contributed by atoms with Crippen molar-refractivity contribution in [3.05, 3.63) is 66.1 Å². The van der Waals surface area contributed by atoms with Gasteiger partial charge in [0.05, 0.1) is 6.54 Å². The number of benzene rings is 2. The van der Waals surface area contributed by atoms with Crippen LogP contribution in [0.2, 0.25) is 0 Å². The minimum atomic E-state index is -0.316. The maximum atomic E-state index is 12.6. The summed E-state index contributed by atoms with van der Waals surface area (Å²) >= 11 is 0. The van der Waals surface area contributed by atoms with E-state index in [0.29, 0.717) is 12.3 Å². The van der Waals surface area contributed by atoms with Gasteiger partial charge in [-0.3, -0.25) is 9.59 Å². The van der Waals surface area contributed by atoms with E-state index in [-0.39, 0.29) is 36.8 Å². The number of rotatable bonds is 8. The van der Waals surface area contributed by atoms with E-state index in [1.165, 1.54) is 4.90 Å². The number of nitrogens with zero attached hydrogens (tertiary/aromatic N) is 1. The third-order valence-electron chi connectivity index (χ3n) is 4.43. The lowest BCUT2D eigenvalue weighted by molar-refractivity contribution is -0.122. The molecule has 0 spiro atoms. The summed E-state index contributed by atoms with van der Waals surface area (Å²) in [7, 11) is 0. The van der Waals surface area contributed by atoms with Gasteiger partial charge in [-0.2, -0.15) is 0 Å². The Hall–Kier alpha value is -3.28. The molecule has 0 aliphatic rings. The number of carbonyl (C=O) groups excluding carboxylic acids is 2. The summed E-state index contributed by atoms with van der Waals surface area (Å²) in [6, 6.07) is 17.3. The molecule has 3 aromatic rings. The fourth-order valence-corrected chi connectivity index (χ4v) is 3.01. The highest BCUT2D eigenvalue weighted by Crippen LogP contribution is 2.22. The molecule has 0 saturated heterocycles. The molecule has 1 aromatic heterocycles. The van der Waals surface area contributed by atoms with Gasteiger partial charge in [0.15, 0.2) is 5.76 Å². The van der Waals surface area contributed by atoms with E-state index in [1.807, 2.05) is 63.2 Å². The Bertz CT molecular complexity index is 993. The molecule has 1 heterocycles. The Balaban J connectivity index is 1.61. The number of amides is 2. The standard InChI is InChI=1S/C23H26N2O4/c1-4-25(14-22(26)24-16(2)3)23(27)21-12-11-20(29-21)15-28-19-10-9-17-7-5-6-8-18(17)13-19/h5-13,16H,4,14-15H2,1-3H3,(H,24,26). The van der Waals surface area contributed by atoms with E-state index in [2.05, 4.69) is 5.32 Å². The van der Waals surface area contributed by atoms with Gasteiger partial charge in [0.2, 0.25) is 5.91 Å². The summed E-state index contributed by atoms with van der Waals surface area (Å²) in [6.07, 6.45) is 0. The van der Waals surface area contributed by atoms with Crippen LogP contribution < -0.4 is 10.1 Å². The molecular formula is C23H26N2O4. The highest BCUT2D eigenvalue weighted by molar-refractivity contribution is 5.94. The second kappa shape index (κ2) is 9.28. The monoisotopic (exact) mass is 394 g/mol. The van der Waals surface area contributed by atoms with Gasteiger partial charge < -0.3 is 19.4 Å². The maximum absolute atomic E-state index is 12.6. The fourth-order valence-electron chi connectivity index (χ4n) is 3.01. The van der Waals surface area contributed by atoms with E-state index in [0.717, 1.165) is 16.5 Å². The molecule has 6 nitrogen and oxygen atoms in total. The highest BCUT2D eigenvalue weighted by atomic mass is 16.5. The van der Waals surface area contributed by atoms with Crippen LogP contribution in [-0.4, -0.2) is 35.8 Å². The molecule has 0 aliphatic carbocycles. The van der Waals surface area contributed by atoms with Crippen molar-refractivity contribution in [3.8, 4) is 5.75 Å². The number of ether oxygens (including phenoxy) is 1. The predicted molar refractivity (Wildman–Crippen MR) is 112 cm³/mol. The minimum Gasteiger partial charge on any atom is -0.486 e. The summed E-state index contributed by atoms with van der Waals surface area (Å²) in [6.45, 7) is 6.21. The zero-order valence-electron chi connectivity index (χ0n) is 17.0. The third kappa shape index (κ3) is 5.38. The Kier molecular flexibility index (Phi) is 6.54. The molecule has 0 saturated carbocycles. The number of nitrogens with one attached hydrogen (secondary N) is 1. The molecule has 29 heavy (non-hydrogen) atoms. The van der Waals surface area contributed by atoms with Crippen LogP contribution in [0.4, 0.5) is 0 Å². The van der Waals surface area contributed by atoms with Gasteiger partial charge >= 0.3 is 0 Å². The van der Waals surface area contributed by atoms with Crippen molar-refractivity contribution in [1.29, 1.82) is 0 Å². The topological polar surface area (TPSA) is 71.8 Å². The first kappa shape index (κ1) is 20.5. The lowest BCUT2D eigenvalue weighted by Gasteiger charge is -2.20. The summed E-state index contributed by atoms with van der Waals surface area (Å²) < 4.78 is 11.5. The van der Waals surface area contributed by atoms with Crippen LogP contribution in [0.15, 0.2) is 59.0 Å². The molecule has 3 rings (SSSR count). The summed E-state index contributed by atoms with van der Waals surface area (Å²) in [4.78, 5) is 26.1. The van der Waals surface area contributed by atoms with Gasteiger partial charge in [-0.05, 0) is 55.8 Å². The van der Waals surface area contributed by atoms with Crippen molar-refractivity contribution in [1.82, 2.24) is 10.2 Å². The van der Waals surface area contributed by atoms with E-state index in [4.69, 9.17) is 9.15 Å². The van der Waals surface area contributed by atoms with E-state index in [9.17, 15) is 9.59 Å². The van der Waals surface area contributed by atoms with Crippen LogP contribution in [0.25, 0.3) is 10.8 Å². The summed E-state index contributed by atoms with van der Waals surface area (Å²) in [5, 5.41) is 5.03. The molecule has 0 unspecified atom stereocenters. The number of furan rings is 1. The zero-order valence-corrected chi connectivity index (χ0v) is 17.0. The normalized spacial score (nSPS) is 10.9. The molecule has 0 bridgehead atoms. The van der Waals surface area contributed by atoms with Gasteiger partial charge in [0.25, 0.3) is 5.91 Å². The predicted octanol–water partition coefficient (Wildman–Crippen LogP) is 4.00. The first-order valence-electron chi connectivity index (χ1n) is 9.75. The van der Waals surface area contributed by atoms with E-state index in [1.54, 1.807) is 12.1 Å². The molecule has 0 atom stereocenters. The fraction of sp³-hybridized carbons (Fsp3) is 0.304. The van der Waals surface area contributed by atoms with Gasteiger partial charge in [0.1, 0.15) is 18.1 Å². The summed E-state index contributed by atoms with van der Waals surface area (Å²) in [5.74, 6) is 0.962. The van der Waals surface area contributed by atoms with E-state index < -0.39 is 0 Å². The first-order chi connectivity index (χ1) is 14.0. The van der Waals surface area contributed by atoms with Crippen molar-refractivity contribution in [3.63, 3.8) is 0 Å². The van der Waals surface area contributed by atoms with Crippen LogP contribution in [0.3, 0.4) is 0 Å². The third-order valence-corrected chi connectivity index (χ3v) is 4.43. The zero-order chi connectivity index (χ0) is 20.8. The molecular weight excluding hydrogens is 368 g/mol. The Labute approximate surface area is 170 Å². The van der Waals surface area contributed by atoms with Crippen molar-refractivity contribution >= 4 is 22.6 Å². The minimum absolute atomic E-state index is 0.00284. The van der Waals surface area contributed by atoms with Gasteiger partial charge in [-0.1, -0.05) is 30.3 Å². The molecule has 0 fully saturated rings. The lowest BCUT2D eigenvalue weighted by atomic mass is 10.1. The van der Waals surface area contributed by atoms with Crippen molar-refractivity contribution in [2.45, 2.75) is 33.4 Å². The van der Waals surface area contributed by atoms with Crippen molar-refractivity contribution in [2.24, 2.45) is 0 Å². The van der Waals surface area contributed by atoms with Crippen LogP contribution in [0, 0.1) is 0 Å². The molecule has 152 valence electrons. The van der Waals surface area contributed by atoms with Crippen LogP contribution in [0.5, 0.6) is 5.75 Å². The second-order valence-electron chi connectivity index (χ2n) is 7.11. The summed E-state index contributed by atoms with van der Waals surface area (Å²) in [5.41, 5.74) is 0. The molecule has 1 N–H and O–H groups in total. The van der Waals surface area contributed by atoms with Gasteiger partial charge in [-0.15, -0.1) is 0 Å². The van der Waals surface area contributed by atoms with Crippen LogP contribution >= 0.6 is 0 Å². The molecule has 0 radical (unpaired) electrons. The van der Waals surface area contributed by atoms with Gasteiger partial charge in [0, 0.05) is 12.6 Å². The second-order valence-corrected chi connectivity index (χ2v) is 7.11. The smallest absolute Gasteiger partial charge is 0.290 e. The maximum Gasteiger partial charge on any atom is 0.290 e. The number of carbonyl (C=O) groups is 2. The quantitative estimate of drug-likeness (QED) is 0.627. The van der Waals surface area contributed by atoms with Crippen molar-refractivity contribution in [2.75, 3.05) is 13.1 Å².